The van der Waals surface area contributed by atoms with E-state index in [0.717, 1.165) is 25.9 Å². The van der Waals surface area contributed by atoms with Crippen molar-refractivity contribution in [3.05, 3.63) is 11.9 Å². The van der Waals surface area contributed by atoms with E-state index in [-0.39, 0.29) is 12.4 Å². The molecular formula is C11H18N4O2. The Labute approximate surface area is 100 Å². The van der Waals surface area contributed by atoms with Crippen molar-refractivity contribution in [1.82, 2.24) is 20.3 Å². The number of rotatable bonds is 5. The lowest BCUT2D eigenvalue weighted by Gasteiger charge is -2.22. The lowest BCUT2D eigenvalue weighted by Crippen LogP contribution is -2.29. The van der Waals surface area contributed by atoms with E-state index >= 15 is 0 Å². The standard InChI is InChI=1S/C11H18N4O2/c1-2-17-8-11(16)10-7-15(14-13-10)9-3-5-12-6-4-9/h7,9,12H,2-6,8H2,1H3. The van der Waals surface area contributed by atoms with Gasteiger partial charge in [0.1, 0.15) is 6.61 Å². The minimum atomic E-state index is -0.105. The second-order valence-electron chi connectivity index (χ2n) is 4.13. The number of nitrogens with one attached hydrogen (secondary N) is 1. The molecule has 1 N–H and O–H groups in total. The summed E-state index contributed by atoms with van der Waals surface area (Å²) < 4.78 is 6.87. The van der Waals surface area contributed by atoms with Crippen LogP contribution in [0.15, 0.2) is 6.20 Å². The maximum atomic E-state index is 11.6. The zero-order valence-electron chi connectivity index (χ0n) is 10.1. The van der Waals surface area contributed by atoms with E-state index in [1.54, 1.807) is 10.9 Å². The van der Waals surface area contributed by atoms with Gasteiger partial charge in [0.05, 0.1) is 12.2 Å². The fourth-order valence-electron chi connectivity index (χ4n) is 1.92. The third-order valence-corrected chi connectivity index (χ3v) is 2.92. The Hall–Kier alpha value is -1.27. The minimum Gasteiger partial charge on any atom is -0.374 e. The summed E-state index contributed by atoms with van der Waals surface area (Å²) in [6.45, 7) is 4.47. The molecule has 0 spiro atoms. The molecule has 0 unspecified atom stereocenters. The molecule has 6 nitrogen and oxygen atoms in total. The number of nitrogens with zero attached hydrogens (tertiary/aromatic N) is 3. The third-order valence-electron chi connectivity index (χ3n) is 2.92. The third kappa shape index (κ3) is 3.10. The number of hydrogen-bond acceptors (Lipinski definition) is 5. The van der Waals surface area contributed by atoms with E-state index in [0.29, 0.717) is 18.3 Å². The molecule has 0 amide bonds. The van der Waals surface area contributed by atoms with Crippen LogP contribution in [0.5, 0.6) is 0 Å². The van der Waals surface area contributed by atoms with E-state index in [2.05, 4.69) is 15.6 Å². The number of piperidine rings is 1. The Morgan fingerprint density at radius 1 is 1.59 bits per heavy atom. The van der Waals surface area contributed by atoms with Crippen LogP contribution in [0.3, 0.4) is 0 Å². The molecule has 2 rings (SSSR count). The second-order valence-corrected chi connectivity index (χ2v) is 4.13. The second kappa shape index (κ2) is 5.88. The number of ketones is 1. The van der Waals surface area contributed by atoms with Crippen molar-refractivity contribution < 1.29 is 9.53 Å². The van der Waals surface area contributed by atoms with Gasteiger partial charge in [-0.25, -0.2) is 4.68 Å². The largest absolute Gasteiger partial charge is 0.374 e. The molecule has 2 heterocycles. The Kier molecular flexibility index (Phi) is 4.22. The summed E-state index contributed by atoms with van der Waals surface area (Å²) in [6.07, 6.45) is 3.79. The monoisotopic (exact) mass is 238 g/mol. The van der Waals surface area contributed by atoms with E-state index in [4.69, 9.17) is 4.74 Å². The van der Waals surface area contributed by atoms with Crippen LogP contribution in [0.2, 0.25) is 0 Å². The van der Waals surface area contributed by atoms with E-state index in [1.807, 2.05) is 6.92 Å². The molecule has 0 bridgehead atoms. The first-order valence-corrected chi connectivity index (χ1v) is 6.04. The van der Waals surface area contributed by atoms with Crippen LogP contribution in [0.25, 0.3) is 0 Å². The maximum Gasteiger partial charge on any atom is 0.210 e. The first-order valence-electron chi connectivity index (χ1n) is 6.04. The zero-order chi connectivity index (χ0) is 12.1. The van der Waals surface area contributed by atoms with Crippen molar-refractivity contribution in [2.75, 3.05) is 26.3 Å². The van der Waals surface area contributed by atoms with Crippen LogP contribution >= 0.6 is 0 Å². The highest BCUT2D eigenvalue weighted by Crippen LogP contribution is 2.17. The van der Waals surface area contributed by atoms with Gasteiger partial charge in [-0.3, -0.25) is 4.79 Å². The van der Waals surface area contributed by atoms with Crippen LogP contribution in [-0.2, 0) is 4.74 Å². The quantitative estimate of drug-likeness (QED) is 0.753. The molecule has 6 heteroatoms. The van der Waals surface area contributed by atoms with Crippen LogP contribution in [0, 0.1) is 0 Å². The van der Waals surface area contributed by atoms with E-state index in [1.165, 1.54) is 0 Å². The number of carbonyl (C=O) groups excluding carboxylic acids is 1. The van der Waals surface area contributed by atoms with Crippen molar-refractivity contribution in [3.8, 4) is 0 Å². The molecule has 1 saturated heterocycles. The molecule has 17 heavy (non-hydrogen) atoms. The highest BCUT2D eigenvalue weighted by molar-refractivity contribution is 5.94. The summed E-state index contributed by atoms with van der Waals surface area (Å²) in [4.78, 5) is 11.6. The van der Waals surface area contributed by atoms with Gasteiger partial charge in [0.15, 0.2) is 5.69 Å². The van der Waals surface area contributed by atoms with Gasteiger partial charge in [-0.05, 0) is 32.9 Å². The smallest absolute Gasteiger partial charge is 0.210 e. The average Bonchev–Trinajstić information content (AvgIpc) is 2.86. The Bertz CT molecular complexity index is 371. The molecule has 0 radical (unpaired) electrons. The van der Waals surface area contributed by atoms with Gasteiger partial charge >= 0.3 is 0 Å². The minimum absolute atomic E-state index is 0.0847. The summed E-state index contributed by atoms with van der Waals surface area (Å²) in [7, 11) is 0. The van der Waals surface area contributed by atoms with Crippen LogP contribution < -0.4 is 5.32 Å². The molecule has 0 atom stereocenters. The molecular weight excluding hydrogens is 220 g/mol. The van der Waals surface area contributed by atoms with Gasteiger partial charge in [-0.2, -0.15) is 0 Å². The van der Waals surface area contributed by atoms with Gasteiger partial charge in [0, 0.05) is 6.61 Å². The summed E-state index contributed by atoms with van der Waals surface area (Å²) in [6, 6.07) is 0.359. The summed E-state index contributed by atoms with van der Waals surface area (Å²) in [5.74, 6) is -0.105. The van der Waals surface area contributed by atoms with Gasteiger partial charge in [0.2, 0.25) is 5.78 Å². The number of hydrogen-bond donors (Lipinski definition) is 1. The van der Waals surface area contributed by atoms with Crippen molar-refractivity contribution >= 4 is 5.78 Å². The topological polar surface area (TPSA) is 69.0 Å². The first-order chi connectivity index (χ1) is 8.31. The van der Waals surface area contributed by atoms with Crippen LogP contribution in [-0.4, -0.2) is 47.1 Å². The molecule has 1 aromatic rings. The summed E-state index contributed by atoms with van der Waals surface area (Å²) >= 11 is 0. The fourth-order valence-corrected chi connectivity index (χ4v) is 1.92. The van der Waals surface area contributed by atoms with Gasteiger partial charge in [-0.1, -0.05) is 5.21 Å². The Morgan fingerprint density at radius 3 is 3.06 bits per heavy atom. The lowest BCUT2D eigenvalue weighted by atomic mass is 10.1. The number of ether oxygens (including phenoxy) is 1. The number of carbonyl (C=O) groups is 1. The molecule has 0 aliphatic carbocycles. The fraction of sp³-hybridized carbons (Fsp3) is 0.727. The van der Waals surface area contributed by atoms with Crippen LogP contribution in [0.1, 0.15) is 36.3 Å². The molecule has 1 aromatic heterocycles. The maximum absolute atomic E-state index is 11.6. The Balaban J connectivity index is 1.97. The number of Topliss-reactive ketones (excluding diaryl/α,β-unsaturated/α-hetero) is 1. The van der Waals surface area contributed by atoms with E-state index in [9.17, 15) is 4.79 Å². The lowest BCUT2D eigenvalue weighted by molar-refractivity contribution is 0.0778. The first kappa shape index (κ1) is 12.2. The SMILES string of the molecule is CCOCC(=O)c1cn(C2CCNCC2)nn1. The van der Waals surface area contributed by atoms with Gasteiger partial charge in [-0.15, -0.1) is 5.10 Å². The summed E-state index contributed by atoms with van der Waals surface area (Å²) in [5, 5.41) is 11.2. The molecule has 94 valence electrons. The van der Waals surface area contributed by atoms with Gasteiger partial charge < -0.3 is 10.1 Å². The zero-order valence-corrected chi connectivity index (χ0v) is 10.1. The Morgan fingerprint density at radius 2 is 2.35 bits per heavy atom. The average molecular weight is 238 g/mol. The van der Waals surface area contributed by atoms with E-state index < -0.39 is 0 Å². The summed E-state index contributed by atoms with van der Waals surface area (Å²) in [5.41, 5.74) is 0.400. The van der Waals surface area contributed by atoms with Crippen LogP contribution in [0.4, 0.5) is 0 Å². The molecule has 1 aliphatic heterocycles. The molecule has 1 aliphatic rings. The highest BCUT2D eigenvalue weighted by atomic mass is 16.5. The predicted molar refractivity (Wildman–Crippen MR) is 62.0 cm³/mol. The van der Waals surface area contributed by atoms with Crippen molar-refractivity contribution in [2.45, 2.75) is 25.8 Å². The molecule has 0 saturated carbocycles. The molecule has 1 fully saturated rings. The van der Waals surface area contributed by atoms with Crippen molar-refractivity contribution in [3.63, 3.8) is 0 Å². The molecule has 0 aromatic carbocycles. The van der Waals surface area contributed by atoms with Crippen molar-refractivity contribution in [1.29, 1.82) is 0 Å². The highest BCUT2D eigenvalue weighted by Gasteiger charge is 2.18. The normalized spacial score (nSPS) is 17.2. The number of aromatic nitrogens is 3. The van der Waals surface area contributed by atoms with Crippen molar-refractivity contribution in [2.24, 2.45) is 0 Å². The predicted octanol–water partition coefficient (Wildman–Crippen LogP) is 0.422. The van der Waals surface area contributed by atoms with Gasteiger partial charge in [0.25, 0.3) is 0 Å².